The van der Waals surface area contributed by atoms with E-state index >= 15 is 0 Å². The molecule has 0 heterocycles. The fourth-order valence-corrected chi connectivity index (χ4v) is 8.93. The lowest BCUT2D eigenvalue weighted by molar-refractivity contribution is -0.121. The van der Waals surface area contributed by atoms with E-state index in [-0.39, 0.29) is 29.7 Å². The molecule has 0 saturated heterocycles. The van der Waals surface area contributed by atoms with Gasteiger partial charge in [-0.25, -0.2) is 4.79 Å². The number of hydrogen-bond acceptors (Lipinski definition) is 12. The smallest absolute Gasteiger partial charge is 0.315 e. The molecule has 0 bridgehead atoms. The number of urea groups is 1. The van der Waals surface area contributed by atoms with Gasteiger partial charge in [0.1, 0.15) is 0 Å². The molecule has 2 aliphatic carbocycles. The van der Waals surface area contributed by atoms with Gasteiger partial charge in [0.05, 0.1) is 64.5 Å². The van der Waals surface area contributed by atoms with Crippen LogP contribution in [0.15, 0.2) is 67.9 Å². The minimum absolute atomic E-state index is 0.0275. The average molecular weight is 844 g/mol. The number of hydrogen-bond donors (Lipinski definition) is 3. The van der Waals surface area contributed by atoms with Crippen molar-refractivity contribution < 1.29 is 38.0 Å². The van der Waals surface area contributed by atoms with Crippen LogP contribution in [0.2, 0.25) is 0 Å². The summed E-state index contributed by atoms with van der Waals surface area (Å²) in [5, 5.41) is 9.03. The largest absolute Gasteiger partial charge is 0.493 e. The normalized spacial score (nSPS) is 15.1. The Morgan fingerprint density at radius 2 is 1.05 bits per heavy atom. The lowest BCUT2D eigenvalue weighted by Crippen LogP contribution is -2.40. The van der Waals surface area contributed by atoms with Crippen LogP contribution < -0.4 is 55.2 Å². The molecule has 13 nitrogen and oxygen atoms in total. The molecule has 0 fully saturated rings. The van der Waals surface area contributed by atoms with Crippen molar-refractivity contribution in [1.29, 1.82) is 0 Å². The second-order valence-electron chi connectivity index (χ2n) is 13.8. The summed E-state index contributed by atoms with van der Waals surface area (Å²) in [5.41, 5.74) is 5.74. The Balaban J connectivity index is 1.23. The maximum atomic E-state index is 13.6. The number of fused-ring (bicyclic) bond motifs is 6. The van der Waals surface area contributed by atoms with Gasteiger partial charge < -0.3 is 44.4 Å². The number of carbonyl (C=O) groups is 2. The van der Waals surface area contributed by atoms with Gasteiger partial charge >= 0.3 is 6.03 Å². The van der Waals surface area contributed by atoms with Crippen molar-refractivity contribution in [2.45, 2.75) is 54.0 Å². The summed E-state index contributed by atoms with van der Waals surface area (Å²) in [7, 11) is 9.31. The van der Waals surface area contributed by atoms with Gasteiger partial charge in [-0.3, -0.25) is 14.4 Å². The van der Waals surface area contributed by atoms with Gasteiger partial charge in [0, 0.05) is 24.1 Å². The Morgan fingerprint density at radius 1 is 0.610 bits per heavy atom. The van der Waals surface area contributed by atoms with Gasteiger partial charge in [0.2, 0.25) is 17.4 Å². The number of amides is 3. The summed E-state index contributed by atoms with van der Waals surface area (Å²) >= 11 is 2.69. The van der Waals surface area contributed by atoms with Crippen LogP contribution in [0, 0.1) is 0 Å². The molecule has 3 amide bonds. The lowest BCUT2D eigenvalue weighted by atomic mass is 9.95. The number of carbonyl (C=O) groups excluding carboxylic acids is 2. The minimum atomic E-state index is -0.561. The van der Waals surface area contributed by atoms with Crippen LogP contribution in [0.5, 0.6) is 34.5 Å². The molecule has 15 heteroatoms. The quantitative estimate of drug-likeness (QED) is 0.122. The van der Waals surface area contributed by atoms with Crippen LogP contribution in [-0.4, -0.2) is 73.7 Å². The Labute approximate surface area is 351 Å². The van der Waals surface area contributed by atoms with Gasteiger partial charge in [-0.2, -0.15) is 0 Å². The first-order valence-corrected chi connectivity index (χ1v) is 21.4. The zero-order valence-corrected chi connectivity index (χ0v) is 36.0. The molecule has 0 aliphatic heterocycles. The highest BCUT2D eigenvalue weighted by atomic mass is 32.2. The van der Waals surface area contributed by atoms with Gasteiger partial charge in [-0.1, -0.05) is 12.1 Å². The first kappa shape index (κ1) is 43.0. The molecule has 4 aromatic carbocycles. The number of aryl methyl sites for hydroxylation is 2. The number of nitrogens with one attached hydrogen (secondary N) is 3. The molecule has 0 radical (unpaired) electrons. The number of benzene rings is 2. The Bertz CT molecular complexity index is 2230. The molecular weight excluding hydrogens is 795 g/mol. The summed E-state index contributed by atoms with van der Waals surface area (Å²) in [6, 6.07) is 12.7. The molecule has 0 unspecified atom stereocenters. The number of thioether (sulfide) groups is 2. The van der Waals surface area contributed by atoms with E-state index in [2.05, 4.69) is 16.0 Å². The third-order valence-electron chi connectivity index (χ3n) is 10.7. The Kier molecular flexibility index (Phi) is 13.9. The monoisotopic (exact) mass is 843 g/mol. The highest BCUT2D eigenvalue weighted by molar-refractivity contribution is 7.98. The first-order chi connectivity index (χ1) is 28.5. The minimum Gasteiger partial charge on any atom is -0.493 e. The van der Waals surface area contributed by atoms with Crippen molar-refractivity contribution >= 4 is 35.5 Å². The van der Waals surface area contributed by atoms with E-state index in [1.807, 2.05) is 36.8 Å². The average Bonchev–Trinajstić information content (AvgIpc) is 3.63. The van der Waals surface area contributed by atoms with E-state index in [9.17, 15) is 19.2 Å². The fourth-order valence-electron chi connectivity index (χ4n) is 8.00. The predicted molar refractivity (Wildman–Crippen MR) is 231 cm³/mol. The van der Waals surface area contributed by atoms with E-state index in [1.54, 1.807) is 59.8 Å². The van der Waals surface area contributed by atoms with E-state index in [0.717, 1.165) is 33.4 Å². The highest BCUT2D eigenvalue weighted by Gasteiger charge is 2.32. The number of methoxy groups -OCH3 is 6. The van der Waals surface area contributed by atoms with E-state index in [0.29, 0.717) is 81.1 Å². The van der Waals surface area contributed by atoms with Crippen LogP contribution in [0.25, 0.3) is 22.3 Å². The fraction of sp³-hybridized carbons (Fsp3) is 0.364. The molecule has 2 aliphatic rings. The lowest BCUT2D eigenvalue weighted by Gasteiger charge is -2.21. The standard InChI is InChI=1S/C44H49N3O10S2/c1-52-33-19-23-9-13-29(27-21-31(48)35(58-7)15-11-25(27)38(23)42(56-5)40(33)54-3)46-37(50)17-18-45-44(51)47-30-14-10-24-20-34(53-2)41(55-4)43(57-6)39(24)26-12-16-36(59-8)32(49)22-28(26)30/h11-12,15-16,19-22,29-30H,9-10,13-14,17-18H2,1-8H3,(H,46,50)(H2,45,47,51)/t29-,30-/m0/s1. The molecule has 59 heavy (non-hydrogen) atoms. The Hall–Kier alpha value is -5.54. The van der Waals surface area contributed by atoms with Crippen LogP contribution in [-0.2, 0) is 17.6 Å². The SMILES string of the molecule is COc1cc2c(c(OC)c1OC)-c1ccc(SC)c(=O)cc1[C@@H](NC(=O)CCNC(=O)N[C@H]1CCc3cc(OC)c(OC)c(OC)c3-c3ccc(SC)c(=O)cc31)CC2. The molecule has 3 N–H and O–H groups in total. The maximum absolute atomic E-state index is 13.6. The molecular formula is C44H49N3O10S2. The summed E-state index contributed by atoms with van der Waals surface area (Å²) < 4.78 is 34.5. The predicted octanol–water partition coefficient (Wildman–Crippen LogP) is 6.72. The van der Waals surface area contributed by atoms with Crippen molar-refractivity contribution in [2.24, 2.45) is 0 Å². The van der Waals surface area contributed by atoms with Crippen LogP contribution in [0.3, 0.4) is 0 Å². The Morgan fingerprint density at radius 3 is 1.46 bits per heavy atom. The zero-order valence-electron chi connectivity index (χ0n) is 34.4. The molecule has 4 aromatic rings. The third kappa shape index (κ3) is 8.62. The van der Waals surface area contributed by atoms with E-state index in [4.69, 9.17) is 28.4 Å². The molecule has 312 valence electrons. The second kappa shape index (κ2) is 19.0. The summed E-state index contributed by atoms with van der Waals surface area (Å²) in [4.78, 5) is 55.1. The number of rotatable bonds is 13. The van der Waals surface area contributed by atoms with E-state index < -0.39 is 18.1 Å². The number of ether oxygens (including phenoxy) is 6. The zero-order chi connectivity index (χ0) is 42.4. The summed E-state index contributed by atoms with van der Waals surface area (Å²) in [6.07, 6.45) is 5.67. The summed E-state index contributed by atoms with van der Waals surface area (Å²) in [5.74, 6) is 2.49. The van der Waals surface area contributed by atoms with Crippen molar-refractivity contribution in [3.05, 3.63) is 91.2 Å². The van der Waals surface area contributed by atoms with Gasteiger partial charge in [0.25, 0.3) is 0 Å². The second-order valence-corrected chi connectivity index (χ2v) is 15.5. The molecule has 2 atom stereocenters. The molecule has 6 rings (SSSR count). The molecule has 0 spiro atoms. The van der Waals surface area contributed by atoms with Gasteiger partial charge in [-0.05, 0) is 108 Å². The third-order valence-corrected chi connectivity index (χ3v) is 12.3. The van der Waals surface area contributed by atoms with Crippen LogP contribution in [0.1, 0.15) is 53.6 Å². The highest BCUT2D eigenvalue weighted by Crippen LogP contribution is 2.52. The van der Waals surface area contributed by atoms with E-state index in [1.165, 1.54) is 30.6 Å². The summed E-state index contributed by atoms with van der Waals surface area (Å²) in [6.45, 7) is 0.0275. The molecule has 0 aromatic heterocycles. The van der Waals surface area contributed by atoms with Crippen molar-refractivity contribution in [3.8, 4) is 56.8 Å². The van der Waals surface area contributed by atoms with Crippen molar-refractivity contribution in [3.63, 3.8) is 0 Å². The molecule has 0 saturated carbocycles. The maximum Gasteiger partial charge on any atom is 0.315 e. The van der Waals surface area contributed by atoms with Crippen molar-refractivity contribution in [2.75, 3.05) is 61.7 Å². The topological polar surface area (TPSA) is 160 Å². The van der Waals surface area contributed by atoms with Gasteiger partial charge in [-0.15, -0.1) is 23.5 Å². The van der Waals surface area contributed by atoms with Gasteiger partial charge in [0.15, 0.2) is 33.9 Å². The van der Waals surface area contributed by atoms with Crippen molar-refractivity contribution in [1.82, 2.24) is 16.0 Å². The first-order valence-electron chi connectivity index (χ1n) is 19.0. The van der Waals surface area contributed by atoms with Crippen LogP contribution in [0.4, 0.5) is 4.79 Å². The van der Waals surface area contributed by atoms with Crippen LogP contribution >= 0.6 is 23.5 Å².